The number of hydrogen-bond donors (Lipinski definition) is 1. The molecule has 0 radical (unpaired) electrons. The Labute approximate surface area is 189 Å². The lowest BCUT2D eigenvalue weighted by molar-refractivity contribution is -0.113. The van der Waals surface area contributed by atoms with Gasteiger partial charge in [0.15, 0.2) is 40.2 Å². The molecule has 1 unspecified atom stereocenters. The Hall–Kier alpha value is -3.14. The molecule has 0 aliphatic heterocycles. The molecule has 2 aromatic carbocycles. The molecule has 0 spiro atoms. The zero-order valence-corrected chi connectivity index (χ0v) is 19.0. The Morgan fingerprint density at radius 1 is 1.09 bits per heavy atom. The van der Waals surface area contributed by atoms with Gasteiger partial charge in [-0.25, -0.2) is 8.78 Å². The van der Waals surface area contributed by atoms with E-state index in [1.54, 1.807) is 7.11 Å². The van der Waals surface area contributed by atoms with Crippen LogP contribution in [0.3, 0.4) is 0 Å². The molecule has 170 valence electrons. The van der Waals surface area contributed by atoms with Gasteiger partial charge in [-0.05, 0) is 45.0 Å². The standard InChI is InChI=1S/C22H24F2N4O3S/c1-13(2)28-21(14(3)31-19-8-6-5-7-18(19)30-4)26-27-22(28)32-12-20(29)25-15-9-10-16(23)17(24)11-15/h5-11,13-14H,12H2,1-4H3,(H,25,29). The first-order valence-electron chi connectivity index (χ1n) is 9.92. The number of anilines is 1. The van der Waals surface area contributed by atoms with Crippen LogP contribution < -0.4 is 14.8 Å². The van der Waals surface area contributed by atoms with Crippen LogP contribution in [0.4, 0.5) is 14.5 Å². The molecule has 1 N–H and O–H groups in total. The fraction of sp³-hybridized carbons (Fsp3) is 0.318. The summed E-state index contributed by atoms with van der Waals surface area (Å²) >= 11 is 1.19. The zero-order valence-electron chi connectivity index (χ0n) is 18.1. The van der Waals surface area contributed by atoms with Gasteiger partial charge < -0.3 is 19.4 Å². The number of thioether (sulfide) groups is 1. The molecule has 0 saturated heterocycles. The Morgan fingerprint density at radius 3 is 2.47 bits per heavy atom. The van der Waals surface area contributed by atoms with Gasteiger partial charge in [0, 0.05) is 17.8 Å². The number of nitrogens with one attached hydrogen (secondary N) is 1. The summed E-state index contributed by atoms with van der Waals surface area (Å²) in [5.74, 6) is -0.554. The van der Waals surface area contributed by atoms with Crippen LogP contribution in [-0.4, -0.2) is 33.5 Å². The van der Waals surface area contributed by atoms with E-state index in [0.29, 0.717) is 22.5 Å². The topological polar surface area (TPSA) is 78.3 Å². The summed E-state index contributed by atoms with van der Waals surface area (Å²) in [4.78, 5) is 12.3. The monoisotopic (exact) mass is 462 g/mol. The van der Waals surface area contributed by atoms with E-state index in [9.17, 15) is 13.6 Å². The van der Waals surface area contributed by atoms with Crippen LogP contribution >= 0.6 is 11.8 Å². The van der Waals surface area contributed by atoms with Crippen molar-refractivity contribution in [2.75, 3.05) is 18.2 Å². The van der Waals surface area contributed by atoms with Crippen LogP contribution in [0.2, 0.25) is 0 Å². The van der Waals surface area contributed by atoms with Crippen molar-refractivity contribution in [3.8, 4) is 11.5 Å². The second kappa shape index (κ2) is 10.4. The van der Waals surface area contributed by atoms with E-state index in [1.165, 1.54) is 17.8 Å². The van der Waals surface area contributed by atoms with Gasteiger partial charge in [0.2, 0.25) is 5.91 Å². The predicted molar refractivity (Wildman–Crippen MR) is 118 cm³/mol. The highest BCUT2D eigenvalue weighted by Crippen LogP contribution is 2.32. The molecule has 1 heterocycles. The number of carbonyl (C=O) groups excluding carboxylic acids is 1. The smallest absolute Gasteiger partial charge is 0.234 e. The number of hydrogen-bond acceptors (Lipinski definition) is 6. The van der Waals surface area contributed by atoms with Gasteiger partial charge in [0.1, 0.15) is 0 Å². The van der Waals surface area contributed by atoms with Crippen molar-refractivity contribution in [3.63, 3.8) is 0 Å². The van der Waals surface area contributed by atoms with Crippen molar-refractivity contribution in [2.45, 2.75) is 38.1 Å². The maximum absolute atomic E-state index is 13.3. The van der Waals surface area contributed by atoms with E-state index in [4.69, 9.17) is 9.47 Å². The number of amides is 1. The molecule has 3 aromatic rings. The molecular formula is C22H24F2N4O3S. The van der Waals surface area contributed by atoms with E-state index in [-0.39, 0.29) is 23.4 Å². The summed E-state index contributed by atoms with van der Waals surface area (Å²) in [6.07, 6.45) is -0.424. The lowest BCUT2D eigenvalue weighted by Gasteiger charge is -2.19. The summed E-state index contributed by atoms with van der Waals surface area (Å²) in [5.41, 5.74) is 0.180. The third kappa shape index (κ3) is 5.56. The molecule has 32 heavy (non-hydrogen) atoms. The average molecular weight is 463 g/mol. The summed E-state index contributed by atoms with van der Waals surface area (Å²) in [6.45, 7) is 5.82. The first-order chi connectivity index (χ1) is 15.3. The van der Waals surface area contributed by atoms with Crippen molar-refractivity contribution in [2.24, 2.45) is 0 Å². The van der Waals surface area contributed by atoms with Crippen LogP contribution in [0.1, 0.15) is 38.7 Å². The van der Waals surface area contributed by atoms with Gasteiger partial charge in [-0.15, -0.1) is 10.2 Å². The Morgan fingerprint density at radius 2 is 1.81 bits per heavy atom. The van der Waals surface area contributed by atoms with Crippen LogP contribution in [0.15, 0.2) is 47.6 Å². The van der Waals surface area contributed by atoms with Gasteiger partial charge in [0.25, 0.3) is 0 Å². The second-order valence-corrected chi connectivity index (χ2v) is 8.12. The van der Waals surface area contributed by atoms with Gasteiger partial charge in [0.05, 0.1) is 12.9 Å². The lowest BCUT2D eigenvalue weighted by atomic mass is 10.3. The Kier molecular flexibility index (Phi) is 7.68. The number of benzene rings is 2. The number of aromatic nitrogens is 3. The number of carbonyl (C=O) groups is 1. The minimum absolute atomic E-state index is 0.0143. The highest BCUT2D eigenvalue weighted by molar-refractivity contribution is 7.99. The molecule has 1 aromatic heterocycles. The molecule has 1 atom stereocenters. The molecule has 0 bridgehead atoms. The minimum Gasteiger partial charge on any atom is -0.493 e. The van der Waals surface area contributed by atoms with Crippen LogP contribution in [0.5, 0.6) is 11.5 Å². The van der Waals surface area contributed by atoms with E-state index >= 15 is 0 Å². The minimum atomic E-state index is -1.02. The highest BCUT2D eigenvalue weighted by atomic mass is 32.2. The number of ether oxygens (including phenoxy) is 2. The maximum Gasteiger partial charge on any atom is 0.234 e. The fourth-order valence-corrected chi connectivity index (χ4v) is 3.88. The number of para-hydroxylation sites is 2. The first-order valence-corrected chi connectivity index (χ1v) is 10.9. The van der Waals surface area contributed by atoms with Crippen molar-refractivity contribution in [1.29, 1.82) is 0 Å². The second-order valence-electron chi connectivity index (χ2n) is 7.18. The van der Waals surface area contributed by atoms with Crippen molar-refractivity contribution in [3.05, 3.63) is 59.9 Å². The molecule has 0 aliphatic rings. The van der Waals surface area contributed by atoms with E-state index in [0.717, 1.165) is 12.1 Å². The molecule has 7 nitrogen and oxygen atoms in total. The van der Waals surface area contributed by atoms with E-state index in [1.807, 2.05) is 49.6 Å². The Balaban J connectivity index is 1.70. The molecule has 0 fully saturated rings. The largest absolute Gasteiger partial charge is 0.493 e. The van der Waals surface area contributed by atoms with Gasteiger partial charge in [-0.3, -0.25) is 4.79 Å². The molecule has 1 amide bonds. The van der Waals surface area contributed by atoms with Crippen molar-refractivity contribution < 1.29 is 23.0 Å². The molecule has 0 aliphatic carbocycles. The molecule has 0 saturated carbocycles. The van der Waals surface area contributed by atoms with Gasteiger partial charge >= 0.3 is 0 Å². The quantitative estimate of drug-likeness (QED) is 0.450. The zero-order chi connectivity index (χ0) is 23.3. The lowest BCUT2D eigenvalue weighted by Crippen LogP contribution is -2.17. The van der Waals surface area contributed by atoms with Crippen molar-refractivity contribution in [1.82, 2.24) is 14.8 Å². The van der Waals surface area contributed by atoms with Crippen LogP contribution in [-0.2, 0) is 4.79 Å². The number of nitrogens with zero attached hydrogens (tertiary/aromatic N) is 3. The third-order valence-corrected chi connectivity index (χ3v) is 5.42. The highest BCUT2D eigenvalue weighted by Gasteiger charge is 2.23. The van der Waals surface area contributed by atoms with Crippen molar-refractivity contribution >= 4 is 23.4 Å². The molecule has 10 heteroatoms. The number of halogens is 2. The predicted octanol–water partition coefficient (Wildman–Crippen LogP) is 5.02. The maximum atomic E-state index is 13.3. The van der Waals surface area contributed by atoms with Gasteiger partial charge in [-0.1, -0.05) is 23.9 Å². The summed E-state index contributed by atoms with van der Waals surface area (Å²) in [7, 11) is 1.57. The normalized spacial score (nSPS) is 12.0. The fourth-order valence-electron chi connectivity index (χ4n) is 3.01. The van der Waals surface area contributed by atoms with E-state index < -0.39 is 17.7 Å². The third-order valence-electron chi connectivity index (χ3n) is 4.48. The number of rotatable bonds is 9. The Bertz CT molecular complexity index is 1090. The van der Waals surface area contributed by atoms with Gasteiger partial charge in [-0.2, -0.15) is 0 Å². The molecular weight excluding hydrogens is 438 g/mol. The van der Waals surface area contributed by atoms with Crippen LogP contribution in [0, 0.1) is 11.6 Å². The first kappa shape index (κ1) is 23.5. The SMILES string of the molecule is COc1ccccc1OC(C)c1nnc(SCC(=O)Nc2ccc(F)c(F)c2)n1C(C)C. The summed E-state index contributed by atoms with van der Waals surface area (Å²) < 4.78 is 39.7. The molecule has 3 rings (SSSR count). The summed E-state index contributed by atoms with van der Waals surface area (Å²) in [5, 5.41) is 11.6. The number of methoxy groups -OCH3 is 1. The van der Waals surface area contributed by atoms with Crippen LogP contribution in [0.25, 0.3) is 0 Å². The average Bonchev–Trinajstić information content (AvgIpc) is 3.20. The van der Waals surface area contributed by atoms with E-state index in [2.05, 4.69) is 15.5 Å². The summed E-state index contributed by atoms with van der Waals surface area (Å²) in [6, 6.07) is 10.5.